The first-order valence-corrected chi connectivity index (χ1v) is 7.03. The van der Waals surface area contributed by atoms with Crippen molar-refractivity contribution in [1.29, 1.82) is 0 Å². The smallest absolute Gasteiger partial charge is 0.389 e. The summed E-state index contributed by atoms with van der Waals surface area (Å²) < 4.78 is 42.2. The SMILES string of the molecule is Cl.N[C@H](CCC(F)(F)F)c1ccc(OCc2ccccc2)cc1. The molecule has 0 bridgehead atoms. The Bertz CT molecular complexity index is 573. The zero-order valence-electron chi connectivity index (χ0n) is 12.4. The first kappa shape index (κ1) is 19.3. The van der Waals surface area contributed by atoms with E-state index >= 15 is 0 Å². The summed E-state index contributed by atoms with van der Waals surface area (Å²) in [6.45, 7) is 0.445. The van der Waals surface area contributed by atoms with E-state index in [9.17, 15) is 13.2 Å². The second-order valence-corrected chi connectivity index (χ2v) is 5.10. The van der Waals surface area contributed by atoms with Crippen molar-refractivity contribution in [3.8, 4) is 5.75 Å². The van der Waals surface area contributed by atoms with Gasteiger partial charge < -0.3 is 10.5 Å². The van der Waals surface area contributed by atoms with Crippen LogP contribution in [-0.4, -0.2) is 6.18 Å². The maximum atomic E-state index is 12.2. The van der Waals surface area contributed by atoms with Crippen molar-refractivity contribution in [3.05, 3.63) is 65.7 Å². The zero-order chi connectivity index (χ0) is 16.0. The van der Waals surface area contributed by atoms with Gasteiger partial charge in [0, 0.05) is 12.5 Å². The molecule has 0 spiro atoms. The number of alkyl halides is 3. The van der Waals surface area contributed by atoms with Crippen molar-refractivity contribution in [2.45, 2.75) is 31.7 Å². The predicted octanol–water partition coefficient (Wildman–Crippen LogP) is 5.03. The van der Waals surface area contributed by atoms with Gasteiger partial charge in [0.05, 0.1) is 0 Å². The Labute approximate surface area is 139 Å². The van der Waals surface area contributed by atoms with Crippen molar-refractivity contribution in [2.24, 2.45) is 5.73 Å². The van der Waals surface area contributed by atoms with Crippen LogP contribution in [0, 0.1) is 0 Å². The Kier molecular flexibility index (Phi) is 7.39. The highest BCUT2D eigenvalue weighted by molar-refractivity contribution is 5.85. The van der Waals surface area contributed by atoms with E-state index < -0.39 is 18.6 Å². The van der Waals surface area contributed by atoms with Gasteiger partial charge in [-0.15, -0.1) is 12.4 Å². The number of rotatable bonds is 6. The van der Waals surface area contributed by atoms with Crippen LogP contribution in [0.1, 0.15) is 30.0 Å². The Balaban J connectivity index is 0.00000264. The molecule has 0 radical (unpaired) electrons. The predicted molar refractivity (Wildman–Crippen MR) is 86.7 cm³/mol. The summed E-state index contributed by atoms with van der Waals surface area (Å²) in [5, 5.41) is 0. The maximum absolute atomic E-state index is 12.2. The molecule has 2 rings (SSSR count). The van der Waals surface area contributed by atoms with Gasteiger partial charge in [0.25, 0.3) is 0 Å². The largest absolute Gasteiger partial charge is 0.489 e. The second-order valence-electron chi connectivity index (χ2n) is 5.10. The maximum Gasteiger partial charge on any atom is 0.389 e. The van der Waals surface area contributed by atoms with Crippen molar-refractivity contribution in [1.82, 2.24) is 0 Å². The van der Waals surface area contributed by atoms with Crippen LogP contribution in [-0.2, 0) is 6.61 Å². The van der Waals surface area contributed by atoms with Crippen LogP contribution in [0.5, 0.6) is 5.75 Å². The summed E-state index contributed by atoms with van der Waals surface area (Å²) >= 11 is 0. The molecule has 0 aliphatic rings. The van der Waals surface area contributed by atoms with Crippen molar-refractivity contribution in [2.75, 3.05) is 0 Å². The zero-order valence-corrected chi connectivity index (χ0v) is 13.2. The number of nitrogens with two attached hydrogens (primary N) is 1. The topological polar surface area (TPSA) is 35.2 Å². The Hall–Kier alpha value is -1.72. The molecule has 2 aromatic carbocycles. The average Bonchev–Trinajstić information content (AvgIpc) is 2.51. The minimum Gasteiger partial charge on any atom is -0.489 e. The van der Waals surface area contributed by atoms with Gasteiger partial charge >= 0.3 is 6.18 Å². The Morgan fingerprint density at radius 2 is 1.57 bits per heavy atom. The monoisotopic (exact) mass is 345 g/mol. The van der Waals surface area contributed by atoms with Crippen LogP contribution in [0.15, 0.2) is 54.6 Å². The van der Waals surface area contributed by atoms with E-state index in [1.165, 1.54) is 0 Å². The van der Waals surface area contributed by atoms with Gasteiger partial charge in [-0.1, -0.05) is 42.5 Å². The molecule has 0 heterocycles. The molecule has 0 fully saturated rings. The molecule has 2 aromatic rings. The van der Waals surface area contributed by atoms with Crippen molar-refractivity contribution < 1.29 is 17.9 Å². The third kappa shape index (κ3) is 6.93. The van der Waals surface area contributed by atoms with Gasteiger partial charge in [0.15, 0.2) is 0 Å². The van der Waals surface area contributed by atoms with E-state index in [2.05, 4.69) is 0 Å². The molecule has 2 nitrogen and oxygen atoms in total. The molecule has 2 N–H and O–H groups in total. The van der Waals surface area contributed by atoms with Crippen LogP contribution in [0.3, 0.4) is 0 Å². The van der Waals surface area contributed by atoms with Crippen LogP contribution in [0.2, 0.25) is 0 Å². The first-order chi connectivity index (χ1) is 10.4. The lowest BCUT2D eigenvalue weighted by atomic mass is 10.0. The fourth-order valence-electron chi connectivity index (χ4n) is 2.04. The van der Waals surface area contributed by atoms with Crippen LogP contribution >= 0.6 is 12.4 Å². The minimum atomic E-state index is -4.17. The number of benzene rings is 2. The van der Waals surface area contributed by atoms with Crippen molar-refractivity contribution >= 4 is 12.4 Å². The number of ether oxygens (including phenoxy) is 1. The molecule has 0 amide bonds. The quantitative estimate of drug-likeness (QED) is 0.797. The lowest BCUT2D eigenvalue weighted by molar-refractivity contribution is -0.136. The van der Waals surface area contributed by atoms with E-state index in [4.69, 9.17) is 10.5 Å². The molecular formula is C17H19ClF3NO. The second kappa shape index (κ2) is 8.79. The van der Waals surface area contributed by atoms with Crippen LogP contribution < -0.4 is 10.5 Å². The first-order valence-electron chi connectivity index (χ1n) is 7.03. The highest BCUT2D eigenvalue weighted by Gasteiger charge is 2.27. The molecule has 0 saturated heterocycles. The van der Waals surface area contributed by atoms with E-state index in [0.29, 0.717) is 17.9 Å². The highest BCUT2D eigenvalue weighted by Crippen LogP contribution is 2.27. The molecule has 23 heavy (non-hydrogen) atoms. The summed E-state index contributed by atoms with van der Waals surface area (Å²) in [5.74, 6) is 0.663. The third-order valence-corrected chi connectivity index (χ3v) is 3.30. The summed E-state index contributed by atoms with van der Waals surface area (Å²) in [4.78, 5) is 0. The molecule has 1 atom stereocenters. The normalized spacial score (nSPS) is 12.3. The molecule has 0 aromatic heterocycles. The Morgan fingerprint density at radius 3 is 2.13 bits per heavy atom. The average molecular weight is 346 g/mol. The molecule has 0 saturated carbocycles. The molecule has 126 valence electrons. The van der Waals surface area contributed by atoms with Gasteiger partial charge in [0.2, 0.25) is 0 Å². The summed E-state index contributed by atoms with van der Waals surface area (Å²) in [5.41, 5.74) is 7.50. The van der Waals surface area contributed by atoms with Crippen LogP contribution in [0.25, 0.3) is 0 Å². The Morgan fingerprint density at radius 1 is 0.957 bits per heavy atom. The summed E-state index contributed by atoms with van der Waals surface area (Å²) in [6.07, 6.45) is -5.16. The molecule has 0 aliphatic carbocycles. The van der Waals surface area contributed by atoms with Gasteiger partial charge in [-0.3, -0.25) is 0 Å². The fourth-order valence-corrected chi connectivity index (χ4v) is 2.04. The van der Waals surface area contributed by atoms with Crippen LogP contribution in [0.4, 0.5) is 13.2 Å². The fraction of sp³-hybridized carbons (Fsp3) is 0.294. The van der Waals surface area contributed by atoms with Gasteiger partial charge in [-0.05, 0) is 29.7 Å². The van der Waals surface area contributed by atoms with Crippen molar-refractivity contribution in [3.63, 3.8) is 0 Å². The number of hydrogen-bond donors (Lipinski definition) is 1. The number of halogens is 4. The van der Waals surface area contributed by atoms with E-state index in [0.717, 1.165) is 5.56 Å². The summed E-state index contributed by atoms with van der Waals surface area (Å²) in [6, 6.07) is 16.0. The number of hydrogen-bond acceptors (Lipinski definition) is 2. The standard InChI is InChI=1S/C17H18F3NO.ClH/c18-17(19,20)11-10-16(21)14-6-8-15(9-7-14)22-12-13-4-2-1-3-5-13;/h1-9,16H,10-12,21H2;1H/t16-;/m1./s1. The van der Waals surface area contributed by atoms with E-state index in [-0.39, 0.29) is 18.8 Å². The lowest BCUT2D eigenvalue weighted by Gasteiger charge is -2.14. The molecular weight excluding hydrogens is 327 g/mol. The minimum absolute atomic E-state index is 0. The van der Waals surface area contributed by atoms with E-state index in [1.54, 1.807) is 24.3 Å². The molecule has 0 unspecified atom stereocenters. The van der Waals surface area contributed by atoms with Gasteiger partial charge in [0.1, 0.15) is 12.4 Å². The third-order valence-electron chi connectivity index (χ3n) is 3.30. The molecule has 6 heteroatoms. The van der Waals surface area contributed by atoms with Gasteiger partial charge in [-0.25, -0.2) is 0 Å². The van der Waals surface area contributed by atoms with Gasteiger partial charge in [-0.2, -0.15) is 13.2 Å². The van der Waals surface area contributed by atoms with E-state index in [1.807, 2.05) is 30.3 Å². The summed E-state index contributed by atoms with van der Waals surface area (Å²) in [7, 11) is 0. The highest BCUT2D eigenvalue weighted by atomic mass is 35.5. The molecule has 0 aliphatic heterocycles. The lowest BCUT2D eigenvalue weighted by Crippen LogP contribution is -2.15.